The summed E-state index contributed by atoms with van der Waals surface area (Å²) in [5.41, 5.74) is 5.57. The van der Waals surface area contributed by atoms with Crippen LogP contribution in [0.5, 0.6) is 0 Å². The van der Waals surface area contributed by atoms with Gasteiger partial charge in [0.1, 0.15) is 0 Å². The molecule has 5 heteroatoms. The molecule has 0 radical (unpaired) electrons. The van der Waals surface area contributed by atoms with Crippen LogP contribution in [0.25, 0.3) is 0 Å². The predicted octanol–water partition coefficient (Wildman–Crippen LogP) is 5.31. The fourth-order valence-electron chi connectivity index (χ4n) is 4.37. The molecule has 0 aromatic heterocycles. The van der Waals surface area contributed by atoms with E-state index in [9.17, 15) is 0 Å². The molecule has 2 fully saturated rings. The monoisotopic (exact) mass is 397 g/mol. The molecule has 0 unspecified atom stereocenters. The average molecular weight is 398 g/mol. The van der Waals surface area contributed by atoms with Gasteiger partial charge in [-0.25, -0.2) is 5.06 Å². The number of rotatable bonds is 12. The van der Waals surface area contributed by atoms with Crippen molar-refractivity contribution in [3.05, 3.63) is 0 Å². The molecule has 27 heavy (non-hydrogen) atoms. The molecule has 0 aromatic rings. The van der Waals surface area contributed by atoms with Gasteiger partial charge in [0, 0.05) is 12.6 Å². The van der Waals surface area contributed by atoms with Crippen molar-refractivity contribution < 1.29 is 4.84 Å². The van der Waals surface area contributed by atoms with Crippen LogP contribution in [-0.4, -0.2) is 35.9 Å². The summed E-state index contributed by atoms with van der Waals surface area (Å²) >= 11 is 5.73. The minimum atomic E-state index is 0.545. The van der Waals surface area contributed by atoms with Crippen molar-refractivity contribution in [2.24, 2.45) is 11.7 Å². The lowest BCUT2D eigenvalue weighted by atomic mass is 9.90. The normalized spacial score (nSPS) is 19.1. The zero-order valence-electron chi connectivity index (χ0n) is 17.4. The van der Waals surface area contributed by atoms with Gasteiger partial charge in [-0.05, 0) is 63.2 Å². The maximum Gasteiger partial charge on any atom is 0.193 e. The van der Waals surface area contributed by atoms with Gasteiger partial charge < -0.3 is 11.1 Å². The van der Waals surface area contributed by atoms with Crippen molar-refractivity contribution in [1.82, 2.24) is 10.4 Å². The maximum atomic E-state index is 6.24. The molecule has 0 atom stereocenters. The van der Waals surface area contributed by atoms with Crippen molar-refractivity contribution in [1.29, 1.82) is 0 Å². The zero-order chi connectivity index (χ0) is 19.2. The Morgan fingerprint density at radius 3 is 2.11 bits per heavy atom. The minimum Gasteiger partial charge on any atom is -0.358 e. The second kappa shape index (κ2) is 14.6. The Bertz CT molecular complexity index is 382. The van der Waals surface area contributed by atoms with Crippen molar-refractivity contribution >= 4 is 17.3 Å². The summed E-state index contributed by atoms with van der Waals surface area (Å²) in [6.45, 7) is 2.58. The molecular formula is C22H43N3OS. The van der Waals surface area contributed by atoms with Crippen molar-refractivity contribution in [3.8, 4) is 0 Å². The van der Waals surface area contributed by atoms with Gasteiger partial charge in [0.05, 0.1) is 6.61 Å². The van der Waals surface area contributed by atoms with E-state index in [1.165, 1.54) is 89.9 Å². The predicted molar refractivity (Wildman–Crippen MR) is 119 cm³/mol. The van der Waals surface area contributed by atoms with E-state index >= 15 is 0 Å². The highest BCUT2D eigenvalue weighted by Gasteiger charge is 2.20. The van der Waals surface area contributed by atoms with Crippen LogP contribution >= 0.6 is 12.2 Å². The average Bonchev–Trinajstić information content (AvgIpc) is 2.71. The number of hydrogen-bond donors (Lipinski definition) is 2. The smallest absolute Gasteiger partial charge is 0.193 e. The maximum absolute atomic E-state index is 6.24. The third-order valence-electron chi connectivity index (χ3n) is 6.17. The van der Waals surface area contributed by atoms with E-state index < -0.39 is 0 Å². The Kier molecular flexibility index (Phi) is 12.4. The summed E-state index contributed by atoms with van der Waals surface area (Å²) in [6, 6.07) is 0.545. The van der Waals surface area contributed by atoms with Crippen LogP contribution < -0.4 is 11.1 Å². The first kappa shape index (κ1) is 22.9. The van der Waals surface area contributed by atoms with Crippen LogP contribution in [0.3, 0.4) is 0 Å². The topological polar surface area (TPSA) is 50.5 Å². The van der Waals surface area contributed by atoms with E-state index in [0.717, 1.165) is 43.6 Å². The molecule has 4 nitrogen and oxygen atoms in total. The Morgan fingerprint density at radius 2 is 1.44 bits per heavy atom. The highest BCUT2D eigenvalue weighted by atomic mass is 32.1. The quantitative estimate of drug-likeness (QED) is 0.266. The Balaban J connectivity index is 1.71. The molecule has 0 bridgehead atoms. The molecule has 0 saturated heterocycles. The van der Waals surface area contributed by atoms with Gasteiger partial charge in [-0.3, -0.25) is 4.84 Å². The Labute approximate surface area is 172 Å². The van der Waals surface area contributed by atoms with E-state index in [1.54, 1.807) is 0 Å². The first-order chi connectivity index (χ1) is 13.3. The zero-order valence-corrected chi connectivity index (χ0v) is 18.2. The number of unbranched alkanes of at least 4 members (excludes halogenated alkanes) is 5. The number of hydroxylamine groups is 2. The largest absolute Gasteiger partial charge is 0.358 e. The highest BCUT2D eigenvalue weighted by molar-refractivity contribution is 7.80. The van der Waals surface area contributed by atoms with E-state index in [0.29, 0.717) is 6.04 Å². The van der Waals surface area contributed by atoms with Crippen LogP contribution in [0.2, 0.25) is 0 Å². The van der Waals surface area contributed by atoms with Gasteiger partial charge in [-0.15, -0.1) is 0 Å². The summed E-state index contributed by atoms with van der Waals surface area (Å²) in [5.74, 6) is 0.718. The first-order valence-electron chi connectivity index (χ1n) is 11.7. The molecule has 2 rings (SSSR count). The molecule has 0 heterocycles. The van der Waals surface area contributed by atoms with Gasteiger partial charge in [0.25, 0.3) is 0 Å². The van der Waals surface area contributed by atoms with Crippen LogP contribution in [0, 0.1) is 5.92 Å². The Morgan fingerprint density at radius 1 is 0.852 bits per heavy atom. The summed E-state index contributed by atoms with van der Waals surface area (Å²) in [7, 11) is 0. The van der Waals surface area contributed by atoms with E-state index in [1.807, 2.05) is 5.06 Å². The van der Waals surface area contributed by atoms with Crippen molar-refractivity contribution in [2.75, 3.05) is 19.7 Å². The highest BCUT2D eigenvalue weighted by Crippen LogP contribution is 2.24. The van der Waals surface area contributed by atoms with E-state index in [2.05, 4.69) is 5.32 Å². The van der Waals surface area contributed by atoms with Crippen molar-refractivity contribution in [2.45, 2.75) is 109 Å². The molecule has 2 aliphatic rings. The van der Waals surface area contributed by atoms with Crippen molar-refractivity contribution in [3.63, 3.8) is 0 Å². The van der Waals surface area contributed by atoms with Crippen LogP contribution in [-0.2, 0) is 4.84 Å². The molecule has 3 N–H and O–H groups in total. The molecule has 0 amide bonds. The number of nitrogens with zero attached hydrogens (tertiary/aromatic N) is 1. The van der Waals surface area contributed by atoms with Crippen LogP contribution in [0.4, 0.5) is 0 Å². The van der Waals surface area contributed by atoms with Gasteiger partial charge in [-0.2, -0.15) is 0 Å². The fraction of sp³-hybridized carbons (Fsp3) is 0.955. The number of hydrogen-bond acceptors (Lipinski definition) is 3. The molecule has 0 spiro atoms. The van der Waals surface area contributed by atoms with E-state index in [4.69, 9.17) is 22.8 Å². The minimum absolute atomic E-state index is 0.545. The first-order valence-corrected chi connectivity index (χ1v) is 12.1. The molecule has 2 aliphatic carbocycles. The van der Waals surface area contributed by atoms with Gasteiger partial charge in [0.15, 0.2) is 5.11 Å². The SMILES string of the molecule is NCCCCCCCCN(OCC1CCCCC1)C(=S)NC1CCCCC1. The van der Waals surface area contributed by atoms with Gasteiger partial charge in [0.2, 0.25) is 0 Å². The molecule has 158 valence electrons. The van der Waals surface area contributed by atoms with Crippen LogP contribution in [0.15, 0.2) is 0 Å². The lowest BCUT2D eigenvalue weighted by Crippen LogP contribution is -2.46. The lowest BCUT2D eigenvalue weighted by molar-refractivity contribution is -0.118. The number of nitrogens with two attached hydrogens (primary N) is 1. The molecular weight excluding hydrogens is 354 g/mol. The molecule has 0 aliphatic heterocycles. The van der Waals surface area contributed by atoms with E-state index in [-0.39, 0.29) is 0 Å². The number of nitrogens with one attached hydrogen (secondary N) is 1. The summed E-state index contributed by atoms with van der Waals surface area (Å²) in [6.07, 6.45) is 20.7. The fourth-order valence-corrected chi connectivity index (χ4v) is 4.68. The van der Waals surface area contributed by atoms with Gasteiger partial charge in [-0.1, -0.05) is 64.2 Å². The Hall–Kier alpha value is -0.390. The summed E-state index contributed by atoms with van der Waals surface area (Å²) < 4.78 is 0. The lowest BCUT2D eigenvalue weighted by Gasteiger charge is -2.31. The number of thiocarbonyl (C=S) groups is 1. The standard InChI is InChI=1S/C22H43N3OS/c23-17-11-3-1-2-4-12-18-25(26-19-20-13-7-5-8-14-20)22(27)24-21-15-9-6-10-16-21/h20-21H,1-19,23H2,(H,24,27). The molecule has 2 saturated carbocycles. The third-order valence-corrected chi connectivity index (χ3v) is 6.49. The van der Waals surface area contributed by atoms with Crippen LogP contribution in [0.1, 0.15) is 103 Å². The second-order valence-electron chi connectivity index (χ2n) is 8.60. The van der Waals surface area contributed by atoms with Gasteiger partial charge >= 0.3 is 0 Å². The summed E-state index contributed by atoms with van der Waals surface area (Å²) in [4.78, 5) is 6.24. The summed E-state index contributed by atoms with van der Waals surface area (Å²) in [5, 5.41) is 6.43. The third kappa shape index (κ3) is 10.1. The second-order valence-corrected chi connectivity index (χ2v) is 8.98. The molecule has 0 aromatic carbocycles.